The first-order chi connectivity index (χ1) is 7.47. The quantitative estimate of drug-likeness (QED) is 0.645. The van der Waals surface area contributed by atoms with Gasteiger partial charge in [0.15, 0.2) is 0 Å². The summed E-state index contributed by atoms with van der Waals surface area (Å²) in [7, 11) is 0. The molecule has 0 bridgehead atoms. The van der Waals surface area contributed by atoms with Crippen LogP contribution >= 0.6 is 0 Å². The summed E-state index contributed by atoms with van der Waals surface area (Å²) < 4.78 is 10.7. The predicted molar refractivity (Wildman–Crippen MR) is 60.3 cm³/mol. The summed E-state index contributed by atoms with van der Waals surface area (Å²) in [6, 6.07) is 0.239. The van der Waals surface area contributed by atoms with Gasteiger partial charge in [-0.3, -0.25) is 0 Å². The van der Waals surface area contributed by atoms with Crippen LogP contribution < -0.4 is 0 Å². The van der Waals surface area contributed by atoms with Crippen molar-refractivity contribution >= 4 is 6.09 Å². The van der Waals surface area contributed by atoms with E-state index in [1.165, 1.54) is 6.42 Å². The Morgan fingerprint density at radius 1 is 1.38 bits per heavy atom. The van der Waals surface area contributed by atoms with Crippen molar-refractivity contribution in [3.05, 3.63) is 0 Å². The molecule has 2 aliphatic rings. The van der Waals surface area contributed by atoms with E-state index in [4.69, 9.17) is 9.47 Å². The van der Waals surface area contributed by atoms with E-state index in [2.05, 4.69) is 0 Å². The molecule has 1 amide bonds. The summed E-state index contributed by atoms with van der Waals surface area (Å²) in [6.07, 6.45) is 3.37. The Hall–Kier alpha value is -0.770. The fourth-order valence-corrected chi connectivity index (χ4v) is 2.17. The Labute approximate surface area is 96.9 Å². The van der Waals surface area contributed by atoms with Crippen molar-refractivity contribution in [3.8, 4) is 0 Å². The third kappa shape index (κ3) is 2.88. The van der Waals surface area contributed by atoms with E-state index in [1.807, 2.05) is 25.7 Å². The minimum absolute atomic E-state index is 0.187. The minimum Gasteiger partial charge on any atom is -0.444 e. The summed E-state index contributed by atoms with van der Waals surface area (Å²) >= 11 is 0. The average molecular weight is 227 g/mol. The van der Waals surface area contributed by atoms with E-state index < -0.39 is 5.60 Å². The smallest absolute Gasteiger partial charge is 0.410 e. The van der Waals surface area contributed by atoms with Gasteiger partial charge < -0.3 is 14.4 Å². The molecule has 2 aliphatic heterocycles. The Morgan fingerprint density at radius 3 is 2.62 bits per heavy atom. The largest absolute Gasteiger partial charge is 0.444 e. The highest BCUT2D eigenvalue weighted by Gasteiger charge is 2.41. The van der Waals surface area contributed by atoms with E-state index >= 15 is 0 Å². The molecule has 0 aromatic carbocycles. The molecular formula is C12H21NO3. The van der Waals surface area contributed by atoms with Gasteiger partial charge in [0.05, 0.1) is 12.6 Å². The second kappa shape index (κ2) is 4.24. The van der Waals surface area contributed by atoms with Crippen molar-refractivity contribution in [2.45, 2.75) is 57.8 Å². The Balaban J connectivity index is 1.96. The second-order valence-corrected chi connectivity index (χ2v) is 5.61. The van der Waals surface area contributed by atoms with Gasteiger partial charge in [0.1, 0.15) is 11.7 Å². The van der Waals surface area contributed by atoms with Gasteiger partial charge in [-0.2, -0.15) is 0 Å². The molecule has 0 aromatic rings. The third-order valence-electron chi connectivity index (χ3n) is 2.97. The van der Waals surface area contributed by atoms with Crippen LogP contribution in [-0.2, 0) is 9.47 Å². The molecule has 0 aromatic heterocycles. The van der Waals surface area contributed by atoms with Crippen molar-refractivity contribution < 1.29 is 14.3 Å². The summed E-state index contributed by atoms with van der Waals surface area (Å²) in [5.74, 6) is 0. The Bertz CT molecular complexity index is 268. The topological polar surface area (TPSA) is 42.1 Å². The average Bonchev–Trinajstić information content (AvgIpc) is 2.98. The van der Waals surface area contributed by atoms with E-state index in [0.29, 0.717) is 0 Å². The number of carbonyl (C=O) groups excluding carboxylic acids is 1. The first-order valence-electron chi connectivity index (χ1n) is 6.08. The number of rotatable bonds is 1. The standard InChI is InChI=1S/C12H21NO3/c1-12(2,3)16-11(14)13-7-5-4-6-9(13)10-8-15-10/h9-10H,4-8H2,1-3H3/t9-,10-/m1/s1. The van der Waals surface area contributed by atoms with Crippen LogP contribution in [0.5, 0.6) is 0 Å². The molecule has 2 saturated heterocycles. The molecule has 2 heterocycles. The van der Waals surface area contributed by atoms with Gasteiger partial charge in [-0.1, -0.05) is 0 Å². The molecule has 92 valence electrons. The maximum absolute atomic E-state index is 12.0. The molecule has 16 heavy (non-hydrogen) atoms. The van der Waals surface area contributed by atoms with Gasteiger partial charge in [-0.15, -0.1) is 0 Å². The number of nitrogens with zero attached hydrogens (tertiary/aromatic N) is 1. The normalized spacial score (nSPS) is 30.1. The number of ether oxygens (including phenoxy) is 2. The summed E-state index contributed by atoms with van der Waals surface area (Å²) in [4.78, 5) is 13.9. The number of likely N-dealkylation sites (tertiary alicyclic amines) is 1. The van der Waals surface area contributed by atoms with Crippen LogP contribution in [-0.4, -0.2) is 41.9 Å². The van der Waals surface area contributed by atoms with Gasteiger partial charge in [-0.25, -0.2) is 4.79 Å². The van der Waals surface area contributed by atoms with Crippen LogP contribution in [0.3, 0.4) is 0 Å². The van der Waals surface area contributed by atoms with Crippen molar-refractivity contribution in [2.24, 2.45) is 0 Å². The fourth-order valence-electron chi connectivity index (χ4n) is 2.17. The molecule has 2 atom stereocenters. The molecule has 0 radical (unpaired) electrons. The number of hydrogen-bond acceptors (Lipinski definition) is 3. The van der Waals surface area contributed by atoms with Gasteiger partial charge >= 0.3 is 6.09 Å². The van der Waals surface area contributed by atoms with Crippen LogP contribution in [0.4, 0.5) is 4.79 Å². The highest BCUT2D eigenvalue weighted by atomic mass is 16.6. The lowest BCUT2D eigenvalue weighted by atomic mass is 10.0. The lowest BCUT2D eigenvalue weighted by molar-refractivity contribution is 0.00626. The molecule has 0 aliphatic carbocycles. The minimum atomic E-state index is -0.413. The van der Waals surface area contributed by atoms with Gasteiger partial charge in [0.25, 0.3) is 0 Å². The molecule has 4 nitrogen and oxygen atoms in total. The lowest BCUT2D eigenvalue weighted by Crippen LogP contribution is -2.48. The summed E-state index contributed by atoms with van der Waals surface area (Å²) in [5.41, 5.74) is -0.413. The zero-order valence-electron chi connectivity index (χ0n) is 10.4. The Morgan fingerprint density at radius 2 is 2.06 bits per heavy atom. The number of amides is 1. The molecule has 2 rings (SSSR count). The van der Waals surface area contributed by atoms with Crippen molar-refractivity contribution in [2.75, 3.05) is 13.2 Å². The van der Waals surface area contributed by atoms with E-state index in [0.717, 1.165) is 26.0 Å². The third-order valence-corrected chi connectivity index (χ3v) is 2.97. The zero-order chi connectivity index (χ0) is 11.8. The summed E-state index contributed by atoms with van der Waals surface area (Å²) in [5, 5.41) is 0. The Kier molecular flexibility index (Phi) is 3.10. The monoisotopic (exact) mass is 227 g/mol. The molecule has 0 spiro atoms. The zero-order valence-corrected chi connectivity index (χ0v) is 10.4. The fraction of sp³-hybridized carbons (Fsp3) is 0.917. The molecule has 0 N–H and O–H groups in total. The molecule has 0 saturated carbocycles. The van der Waals surface area contributed by atoms with E-state index in [-0.39, 0.29) is 18.2 Å². The number of carbonyl (C=O) groups is 1. The molecule has 0 unspecified atom stereocenters. The van der Waals surface area contributed by atoms with E-state index in [1.54, 1.807) is 0 Å². The van der Waals surface area contributed by atoms with Crippen molar-refractivity contribution in [3.63, 3.8) is 0 Å². The highest BCUT2D eigenvalue weighted by molar-refractivity contribution is 5.68. The molecule has 2 fully saturated rings. The number of piperidine rings is 1. The first kappa shape index (κ1) is 11.7. The maximum atomic E-state index is 12.0. The SMILES string of the molecule is CC(C)(C)OC(=O)N1CCCC[C@@H]1[C@H]1CO1. The van der Waals surface area contributed by atoms with Crippen LogP contribution in [0.15, 0.2) is 0 Å². The van der Waals surface area contributed by atoms with Crippen molar-refractivity contribution in [1.82, 2.24) is 4.90 Å². The van der Waals surface area contributed by atoms with Gasteiger partial charge in [0, 0.05) is 6.54 Å². The molecular weight excluding hydrogens is 206 g/mol. The van der Waals surface area contributed by atoms with Gasteiger partial charge in [0.2, 0.25) is 0 Å². The maximum Gasteiger partial charge on any atom is 0.410 e. The number of hydrogen-bond donors (Lipinski definition) is 0. The van der Waals surface area contributed by atoms with E-state index in [9.17, 15) is 4.79 Å². The lowest BCUT2D eigenvalue weighted by Gasteiger charge is -2.36. The predicted octanol–water partition coefficient (Wildman–Crippen LogP) is 2.17. The van der Waals surface area contributed by atoms with Crippen molar-refractivity contribution in [1.29, 1.82) is 0 Å². The number of epoxide rings is 1. The highest BCUT2D eigenvalue weighted by Crippen LogP contribution is 2.28. The van der Waals surface area contributed by atoms with Crippen LogP contribution in [0, 0.1) is 0 Å². The molecule has 4 heteroatoms. The van der Waals surface area contributed by atoms with Crippen LogP contribution in [0.2, 0.25) is 0 Å². The summed E-state index contributed by atoms with van der Waals surface area (Å²) in [6.45, 7) is 7.30. The second-order valence-electron chi connectivity index (χ2n) is 5.61. The first-order valence-corrected chi connectivity index (χ1v) is 6.08. The van der Waals surface area contributed by atoms with Crippen LogP contribution in [0.25, 0.3) is 0 Å². The van der Waals surface area contributed by atoms with Crippen LogP contribution in [0.1, 0.15) is 40.0 Å². The van der Waals surface area contributed by atoms with Gasteiger partial charge in [-0.05, 0) is 40.0 Å².